The predicted molar refractivity (Wildman–Crippen MR) is 81.4 cm³/mol. The fourth-order valence-corrected chi connectivity index (χ4v) is 2.99. The van der Waals surface area contributed by atoms with Gasteiger partial charge in [0.1, 0.15) is 5.82 Å². The van der Waals surface area contributed by atoms with Gasteiger partial charge < -0.3 is 10.6 Å². The lowest BCUT2D eigenvalue weighted by atomic mass is 10.0. The molecule has 2 aromatic rings. The molecule has 0 radical (unpaired) electrons. The lowest BCUT2D eigenvalue weighted by molar-refractivity contribution is 0.529. The second kappa shape index (κ2) is 5.08. The van der Waals surface area contributed by atoms with Crippen molar-refractivity contribution in [3.8, 4) is 0 Å². The smallest absolute Gasteiger partial charge is 0.129 e. The van der Waals surface area contributed by atoms with Crippen molar-refractivity contribution in [3.63, 3.8) is 0 Å². The minimum absolute atomic E-state index is 0.797. The molecule has 100 valence electrons. The Kier molecular flexibility index (Phi) is 3.28. The van der Waals surface area contributed by atoms with Crippen LogP contribution in [-0.2, 0) is 0 Å². The maximum Gasteiger partial charge on any atom is 0.129 e. The molecule has 0 saturated carbocycles. The normalized spacial score (nSPS) is 19.2. The summed E-state index contributed by atoms with van der Waals surface area (Å²) in [5.41, 5.74) is 7.63. The molecule has 3 rings (SSSR count). The molecule has 1 aromatic carbocycles. The molecule has 1 fully saturated rings. The van der Waals surface area contributed by atoms with Gasteiger partial charge in [0.25, 0.3) is 0 Å². The first-order chi connectivity index (χ1) is 9.26. The maximum atomic E-state index is 5.80. The van der Waals surface area contributed by atoms with Crippen LogP contribution in [-0.4, -0.2) is 18.1 Å². The molecule has 0 spiro atoms. The highest BCUT2D eigenvalue weighted by Crippen LogP contribution is 2.27. The Labute approximate surface area is 114 Å². The third-order valence-electron chi connectivity index (χ3n) is 4.01. The summed E-state index contributed by atoms with van der Waals surface area (Å²) in [5, 5.41) is 1.12. The van der Waals surface area contributed by atoms with Crippen molar-refractivity contribution >= 4 is 22.4 Å². The number of anilines is 2. The number of nitrogen functional groups attached to an aromatic ring is 1. The Morgan fingerprint density at radius 1 is 1.32 bits per heavy atom. The lowest BCUT2D eigenvalue weighted by Gasteiger charge is -2.18. The third kappa shape index (κ3) is 2.50. The number of nitrogens with zero attached hydrogens (tertiary/aromatic N) is 2. The monoisotopic (exact) mass is 255 g/mol. The molecule has 0 aliphatic carbocycles. The summed E-state index contributed by atoms with van der Waals surface area (Å²) in [6.45, 7) is 4.56. The van der Waals surface area contributed by atoms with Crippen molar-refractivity contribution in [1.82, 2.24) is 4.98 Å². The Balaban J connectivity index is 1.84. The molecular formula is C16H21N3. The quantitative estimate of drug-likeness (QED) is 0.854. The molecule has 1 aliphatic heterocycles. The number of nitrogens with two attached hydrogens (primary N) is 1. The number of hydrogen-bond donors (Lipinski definition) is 1. The topological polar surface area (TPSA) is 42.1 Å². The largest absolute Gasteiger partial charge is 0.399 e. The highest BCUT2D eigenvalue weighted by molar-refractivity contribution is 5.83. The van der Waals surface area contributed by atoms with E-state index in [1.165, 1.54) is 19.3 Å². The van der Waals surface area contributed by atoms with Crippen LogP contribution in [0.1, 0.15) is 26.2 Å². The predicted octanol–water partition coefficient (Wildman–Crippen LogP) is 3.44. The second-order valence-electron chi connectivity index (χ2n) is 5.51. The van der Waals surface area contributed by atoms with Crippen molar-refractivity contribution in [2.45, 2.75) is 26.2 Å². The summed E-state index contributed by atoms with van der Waals surface area (Å²) in [6, 6.07) is 10.2. The minimum Gasteiger partial charge on any atom is -0.399 e. The summed E-state index contributed by atoms with van der Waals surface area (Å²) >= 11 is 0. The molecular weight excluding hydrogens is 234 g/mol. The van der Waals surface area contributed by atoms with E-state index in [2.05, 4.69) is 24.0 Å². The van der Waals surface area contributed by atoms with Crippen LogP contribution in [0.25, 0.3) is 10.9 Å². The highest BCUT2D eigenvalue weighted by atomic mass is 15.2. The van der Waals surface area contributed by atoms with Crippen molar-refractivity contribution in [2.24, 2.45) is 5.92 Å². The van der Waals surface area contributed by atoms with Crippen LogP contribution in [0.3, 0.4) is 0 Å². The van der Waals surface area contributed by atoms with Crippen LogP contribution in [0.4, 0.5) is 11.5 Å². The first kappa shape index (κ1) is 12.3. The molecule has 19 heavy (non-hydrogen) atoms. The molecule has 1 aliphatic rings. The zero-order valence-electron chi connectivity index (χ0n) is 11.5. The zero-order chi connectivity index (χ0) is 13.2. The average Bonchev–Trinajstić information content (AvgIpc) is 2.87. The lowest BCUT2D eigenvalue weighted by Crippen LogP contribution is -2.20. The number of pyridine rings is 1. The number of rotatable bonds is 3. The summed E-state index contributed by atoms with van der Waals surface area (Å²) in [6.07, 6.45) is 3.92. The van der Waals surface area contributed by atoms with Crippen LogP contribution in [0.5, 0.6) is 0 Å². The number of aromatic nitrogens is 1. The van der Waals surface area contributed by atoms with Crippen LogP contribution >= 0.6 is 0 Å². The van der Waals surface area contributed by atoms with Gasteiger partial charge in [-0.1, -0.05) is 13.3 Å². The van der Waals surface area contributed by atoms with Gasteiger partial charge in [0.2, 0.25) is 0 Å². The van der Waals surface area contributed by atoms with Gasteiger partial charge in [-0.3, -0.25) is 0 Å². The summed E-state index contributed by atoms with van der Waals surface area (Å²) in [5.74, 6) is 1.95. The number of hydrogen-bond acceptors (Lipinski definition) is 3. The van der Waals surface area contributed by atoms with Gasteiger partial charge in [-0.15, -0.1) is 0 Å². The molecule has 3 heteroatoms. The van der Waals surface area contributed by atoms with E-state index >= 15 is 0 Å². The van der Waals surface area contributed by atoms with Crippen molar-refractivity contribution in [3.05, 3.63) is 30.3 Å². The van der Waals surface area contributed by atoms with Gasteiger partial charge in [0.15, 0.2) is 0 Å². The Bertz CT molecular complexity index is 579. The molecule has 3 nitrogen and oxygen atoms in total. The van der Waals surface area contributed by atoms with E-state index in [4.69, 9.17) is 10.7 Å². The van der Waals surface area contributed by atoms with Crippen molar-refractivity contribution in [1.29, 1.82) is 0 Å². The first-order valence-electron chi connectivity index (χ1n) is 7.17. The first-order valence-corrected chi connectivity index (χ1v) is 7.17. The van der Waals surface area contributed by atoms with E-state index in [1.807, 2.05) is 18.2 Å². The van der Waals surface area contributed by atoms with Crippen LogP contribution in [0.2, 0.25) is 0 Å². The number of fused-ring (bicyclic) bond motifs is 1. The van der Waals surface area contributed by atoms with E-state index in [0.717, 1.165) is 41.4 Å². The average molecular weight is 255 g/mol. The zero-order valence-corrected chi connectivity index (χ0v) is 11.5. The van der Waals surface area contributed by atoms with Gasteiger partial charge >= 0.3 is 0 Å². The SMILES string of the molecule is CCCC1CCN(c2ccc3cc(N)ccc3n2)C1. The highest BCUT2D eigenvalue weighted by Gasteiger charge is 2.22. The number of benzene rings is 1. The van der Waals surface area contributed by atoms with Gasteiger partial charge in [0, 0.05) is 24.2 Å². The standard InChI is InChI=1S/C16H21N3/c1-2-3-12-8-9-19(11-12)16-7-4-13-10-14(17)5-6-15(13)18-16/h4-7,10,12H,2-3,8-9,11,17H2,1H3. The fourth-order valence-electron chi connectivity index (χ4n) is 2.99. The molecule has 0 amide bonds. The van der Waals surface area contributed by atoms with E-state index < -0.39 is 0 Å². The molecule has 1 unspecified atom stereocenters. The summed E-state index contributed by atoms with van der Waals surface area (Å²) in [7, 11) is 0. The Hall–Kier alpha value is -1.77. The molecule has 1 atom stereocenters. The van der Waals surface area contributed by atoms with Gasteiger partial charge in [0.05, 0.1) is 5.52 Å². The van der Waals surface area contributed by atoms with Crippen molar-refractivity contribution < 1.29 is 0 Å². The van der Waals surface area contributed by atoms with Crippen molar-refractivity contribution in [2.75, 3.05) is 23.7 Å². The van der Waals surface area contributed by atoms with Crippen LogP contribution < -0.4 is 10.6 Å². The molecule has 1 saturated heterocycles. The van der Waals surface area contributed by atoms with E-state index in [0.29, 0.717) is 0 Å². The van der Waals surface area contributed by atoms with Gasteiger partial charge in [-0.05, 0) is 49.1 Å². The molecule has 2 heterocycles. The second-order valence-corrected chi connectivity index (χ2v) is 5.51. The van der Waals surface area contributed by atoms with E-state index in [9.17, 15) is 0 Å². The third-order valence-corrected chi connectivity index (χ3v) is 4.01. The Morgan fingerprint density at radius 3 is 3.05 bits per heavy atom. The molecule has 2 N–H and O–H groups in total. The minimum atomic E-state index is 0.797. The summed E-state index contributed by atoms with van der Waals surface area (Å²) < 4.78 is 0. The maximum absolute atomic E-state index is 5.80. The van der Waals surface area contributed by atoms with Crippen LogP contribution in [0, 0.1) is 5.92 Å². The van der Waals surface area contributed by atoms with Gasteiger partial charge in [-0.25, -0.2) is 4.98 Å². The fraction of sp³-hybridized carbons (Fsp3) is 0.438. The van der Waals surface area contributed by atoms with E-state index in [-0.39, 0.29) is 0 Å². The Morgan fingerprint density at radius 2 is 2.21 bits per heavy atom. The molecule has 1 aromatic heterocycles. The van der Waals surface area contributed by atoms with Crippen LogP contribution in [0.15, 0.2) is 30.3 Å². The van der Waals surface area contributed by atoms with Gasteiger partial charge in [-0.2, -0.15) is 0 Å². The summed E-state index contributed by atoms with van der Waals surface area (Å²) in [4.78, 5) is 7.18. The molecule has 0 bridgehead atoms. The van der Waals surface area contributed by atoms with E-state index in [1.54, 1.807) is 0 Å².